The first kappa shape index (κ1) is 31.5. The topological polar surface area (TPSA) is 33.6 Å². The molecule has 8 aromatic rings. The lowest BCUT2D eigenvalue weighted by Gasteiger charge is -2.22. The highest BCUT2D eigenvalue weighted by Gasteiger charge is 2.26. The van der Waals surface area contributed by atoms with Gasteiger partial charge >= 0.3 is 0 Å². The molecule has 0 bridgehead atoms. The summed E-state index contributed by atoms with van der Waals surface area (Å²) in [6.45, 7) is 13.1. The van der Waals surface area contributed by atoms with Crippen molar-refractivity contribution in [1.29, 1.82) is 5.26 Å². The van der Waals surface area contributed by atoms with Crippen molar-refractivity contribution in [3.05, 3.63) is 144 Å². The lowest BCUT2D eigenvalue weighted by Crippen LogP contribution is -2.11. The summed E-state index contributed by atoms with van der Waals surface area (Å²) in [5.74, 6) is -1.36. The van der Waals surface area contributed by atoms with E-state index in [0.29, 0.717) is 28.1 Å². The van der Waals surface area contributed by atoms with Gasteiger partial charge in [-0.3, -0.25) is 0 Å². The summed E-state index contributed by atoms with van der Waals surface area (Å²) in [7, 11) is 0. The third kappa shape index (κ3) is 4.90. The van der Waals surface area contributed by atoms with Crippen molar-refractivity contribution in [3.8, 4) is 28.6 Å². The summed E-state index contributed by atoms with van der Waals surface area (Å²) in [5.41, 5.74) is 8.44. The number of nitrogens with zero attached hydrogens (tertiary/aromatic N) is 3. The van der Waals surface area contributed by atoms with E-state index in [1.54, 1.807) is 0 Å². The average Bonchev–Trinajstić information content (AvgIpc) is 3.58. The van der Waals surface area contributed by atoms with Crippen molar-refractivity contribution < 1.29 is 8.78 Å². The molecule has 0 radical (unpaired) electrons. The van der Waals surface area contributed by atoms with Crippen molar-refractivity contribution >= 4 is 43.6 Å². The largest absolute Gasteiger partial charge is 0.308 e. The molecule has 0 fully saturated rings. The number of fused-ring (bicyclic) bond motifs is 6. The molecule has 0 saturated carbocycles. The Morgan fingerprint density at radius 2 is 1.00 bits per heavy atom. The Morgan fingerprint density at radius 1 is 0.520 bits per heavy atom. The van der Waals surface area contributed by atoms with Gasteiger partial charge in [0.2, 0.25) is 0 Å². The Labute approximate surface area is 290 Å². The van der Waals surface area contributed by atoms with E-state index in [4.69, 9.17) is 0 Å². The van der Waals surface area contributed by atoms with Crippen molar-refractivity contribution in [1.82, 2.24) is 9.13 Å². The first-order valence-electron chi connectivity index (χ1n) is 17.0. The van der Waals surface area contributed by atoms with Crippen LogP contribution in [0.25, 0.3) is 66.1 Å². The molecule has 0 saturated heterocycles. The van der Waals surface area contributed by atoms with E-state index in [9.17, 15) is 14.0 Å². The number of aromatic nitrogens is 2. The molecule has 50 heavy (non-hydrogen) atoms. The molecule has 246 valence electrons. The molecule has 5 heteroatoms. The molecule has 2 heterocycles. The van der Waals surface area contributed by atoms with Gasteiger partial charge in [-0.05, 0) is 70.0 Å². The molecule has 0 aliphatic heterocycles. The second-order valence-electron chi connectivity index (χ2n) is 15.3. The third-order valence-electron chi connectivity index (χ3n) is 9.99. The smallest absolute Gasteiger partial charge is 0.126 e. The highest BCUT2D eigenvalue weighted by Crippen LogP contribution is 2.43. The van der Waals surface area contributed by atoms with Gasteiger partial charge in [-0.15, -0.1) is 0 Å². The van der Waals surface area contributed by atoms with Crippen LogP contribution in [0.5, 0.6) is 0 Å². The molecule has 3 nitrogen and oxygen atoms in total. The molecule has 0 aliphatic rings. The minimum Gasteiger partial charge on any atom is -0.308 e. The van der Waals surface area contributed by atoms with Gasteiger partial charge in [-0.2, -0.15) is 5.26 Å². The summed E-state index contributed by atoms with van der Waals surface area (Å²) in [6.07, 6.45) is 0. The minimum atomic E-state index is -0.678. The van der Waals surface area contributed by atoms with E-state index in [1.807, 2.05) is 42.5 Å². The standard InChI is InChI=1S/C45H37F2N3/c1-44(2,3)28-15-17-35-33-11-7-9-13-38(33)49(41(35)23-28)40-20-19-32(27-21-30(46)25-31(47)22-27)43(37(40)26-48)50-39-14-10-8-12-34(39)36-18-16-29(24-42(36)50)45(4,5)6/h7-25H,1-6H3. The number of nitriles is 1. The van der Waals surface area contributed by atoms with Crippen LogP contribution in [0.3, 0.4) is 0 Å². The maximum Gasteiger partial charge on any atom is 0.126 e. The van der Waals surface area contributed by atoms with E-state index >= 15 is 0 Å². The van der Waals surface area contributed by atoms with E-state index < -0.39 is 11.6 Å². The van der Waals surface area contributed by atoms with Gasteiger partial charge in [-0.1, -0.05) is 108 Å². The van der Waals surface area contributed by atoms with Gasteiger partial charge in [0.25, 0.3) is 0 Å². The molecule has 6 aromatic carbocycles. The van der Waals surface area contributed by atoms with Gasteiger partial charge < -0.3 is 9.13 Å². The Bertz CT molecular complexity index is 2690. The molecular weight excluding hydrogens is 621 g/mol. The molecule has 0 atom stereocenters. The van der Waals surface area contributed by atoms with Gasteiger partial charge in [0, 0.05) is 33.2 Å². The lowest BCUT2D eigenvalue weighted by molar-refractivity contribution is 0.584. The molecule has 0 spiro atoms. The number of halogens is 2. The van der Waals surface area contributed by atoms with Gasteiger partial charge in [0.15, 0.2) is 0 Å². The fraction of sp³-hybridized carbons (Fsp3) is 0.178. The Balaban J connectivity index is 1.58. The van der Waals surface area contributed by atoms with E-state index in [0.717, 1.165) is 55.2 Å². The predicted molar refractivity (Wildman–Crippen MR) is 203 cm³/mol. The monoisotopic (exact) mass is 657 g/mol. The number of hydrogen-bond donors (Lipinski definition) is 0. The van der Waals surface area contributed by atoms with Crippen LogP contribution in [0.1, 0.15) is 58.2 Å². The summed E-state index contributed by atoms with van der Waals surface area (Å²) < 4.78 is 34.2. The summed E-state index contributed by atoms with van der Waals surface area (Å²) in [5, 5.41) is 15.5. The molecule has 0 N–H and O–H groups in total. The summed E-state index contributed by atoms with van der Waals surface area (Å²) >= 11 is 0. The van der Waals surface area contributed by atoms with Crippen LogP contribution in [0.15, 0.2) is 115 Å². The SMILES string of the molecule is CC(C)(C)c1ccc2c3ccccc3n(-c3ccc(-c4cc(F)cc(F)c4)c(-n4c5ccccc5c5ccc(C(C)(C)C)cc54)c3C#N)c2c1. The molecule has 0 amide bonds. The Hall–Kier alpha value is -5.73. The summed E-state index contributed by atoms with van der Waals surface area (Å²) in [4.78, 5) is 0. The number of benzene rings is 6. The lowest BCUT2D eigenvalue weighted by atomic mass is 9.86. The molecular formula is C45H37F2N3. The maximum absolute atomic E-state index is 14.9. The van der Waals surface area contributed by atoms with Crippen LogP contribution in [-0.2, 0) is 10.8 Å². The second-order valence-corrected chi connectivity index (χ2v) is 15.3. The highest BCUT2D eigenvalue weighted by atomic mass is 19.1. The van der Waals surface area contributed by atoms with E-state index in [-0.39, 0.29) is 10.8 Å². The normalized spacial score (nSPS) is 12.4. The van der Waals surface area contributed by atoms with Crippen molar-refractivity contribution in [3.63, 3.8) is 0 Å². The van der Waals surface area contributed by atoms with E-state index in [2.05, 4.69) is 111 Å². The first-order chi connectivity index (χ1) is 23.8. The van der Waals surface area contributed by atoms with Crippen molar-refractivity contribution in [2.75, 3.05) is 0 Å². The quantitative estimate of drug-likeness (QED) is 0.186. The highest BCUT2D eigenvalue weighted by molar-refractivity contribution is 6.12. The maximum atomic E-state index is 14.9. The predicted octanol–water partition coefficient (Wildman–Crippen LogP) is 12.3. The number of para-hydroxylation sites is 2. The fourth-order valence-corrected chi connectivity index (χ4v) is 7.43. The van der Waals surface area contributed by atoms with Gasteiger partial charge in [0.1, 0.15) is 23.3 Å². The summed E-state index contributed by atoms with van der Waals surface area (Å²) in [6, 6.07) is 39.4. The third-order valence-corrected chi connectivity index (χ3v) is 9.99. The van der Waals surface area contributed by atoms with Crippen molar-refractivity contribution in [2.24, 2.45) is 0 Å². The number of hydrogen-bond acceptors (Lipinski definition) is 1. The molecule has 2 aromatic heterocycles. The van der Waals surface area contributed by atoms with Crippen LogP contribution < -0.4 is 0 Å². The molecule has 0 aliphatic carbocycles. The minimum absolute atomic E-state index is 0.0995. The molecule has 0 unspecified atom stereocenters. The van der Waals surface area contributed by atoms with Crippen LogP contribution >= 0.6 is 0 Å². The van der Waals surface area contributed by atoms with Crippen LogP contribution in [0, 0.1) is 23.0 Å². The zero-order valence-electron chi connectivity index (χ0n) is 29.1. The Morgan fingerprint density at radius 3 is 1.52 bits per heavy atom. The van der Waals surface area contributed by atoms with Gasteiger partial charge in [-0.25, -0.2) is 8.78 Å². The molecule has 8 rings (SSSR count). The van der Waals surface area contributed by atoms with Crippen LogP contribution in [0.4, 0.5) is 8.78 Å². The van der Waals surface area contributed by atoms with Gasteiger partial charge in [0.05, 0.1) is 33.4 Å². The first-order valence-corrected chi connectivity index (χ1v) is 17.0. The fourth-order valence-electron chi connectivity index (χ4n) is 7.43. The number of rotatable bonds is 3. The van der Waals surface area contributed by atoms with Crippen LogP contribution in [-0.4, -0.2) is 9.13 Å². The Kier molecular flexibility index (Phi) is 7.03. The van der Waals surface area contributed by atoms with E-state index in [1.165, 1.54) is 17.7 Å². The zero-order valence-corrected chi connectivity index (χ0v) is 29.1. The second kappa shape index (κ2) is 11.1. The van der Waals surface area contributed by atoms with Crippen LogP contribution in [0.2, 0.25) is 0 Å². The van der Waals surface area contributed by atoms with Crippen molar-refractivity contribution in [2.45, 2.75) is 52.4 Å². The zero-order chi connectivity index (χ0) is 35.1. The average molecular weight is 658 g/mol.